The summed E-state index contributed by atoms with van der Waals surface area (Å²) in [6, 6.07) is 0. The Morgan fingerprint density at radius 1 is 1.54 bits per heavy atom. The number of aliphatic hydroxyl groups is 1. The highest BCUT2D eigenvalue weighted by Crippen LogP contribution is 2.01. The first-order valence-corrected chi connectivity index (χ1v) is 5.28. The molecular weight excluding hydrogens is 188 g/mol. The van der Waals surface area contributed by atoms with E-state index in [1.807, 2.05) is 0 Å². The molecule has 1 unspecified atom stereocenters. The van der Waals surface area contributed by atoms with Crippen molar-refractivity contribution in [3.8, 4) is 0 Å². The van der Waals surface area contributed by atoms with E-state index in [1.165, 1.54) is 0 Å². The van der Waals surface area contributed by atoms with Crippen LogP contribution in [0.2, 0.25) is 0 Å². The molecule has 0 heterocycles. The van der Waals surface area contributed by atoms with Gasteiger partial charge in [0.05, 0.1) is 6.10 Å². The van der Waals surface area contributed by atoms with Crippen molar-refractivity contribution in [2.75, 3.05) is 12.4 Å². The van der Waals surface area contributed by atoms with Crippen molar-refractivity contribution >= 4 is 18.6 Å². The minimum Gasteiger partial charge on any atom is -0.463 e. The van der Waals surface area contributed by atoms with Crippen molar-refractivity contribution < 1.29 is 14.6 Å². The summed E-state index contributed by atoms with van der Waals surface area (Å²) >= 11 is 3.86. The molecule has 0 radical (unpaired) electrons. The van der Waals surface area contributed by atoms with Gasteiger partial charge in [-0.15, -0.1) is 0 Å². The minimum atomic E-state index is -0.640. The fraction of sp³-hybridized carbons (Fsp3) is 0.889. The number of esters is 1. The first kappa shape index (κ1) is 12.8. The molecule has 0 aromatic rings. The van der Waals surface area contributed by atoms with Gasteiger partial charge in [0, 0.05) is 12.2 Å². The highest BCUT2D eigenvalue weighted by Gasteiger charge is 2.06. The number of thiol groups is 1. The van der Waals surface area contributed by atoms with Crippen LogP contribution in [0.5, 0.6) is 0 Å². The third kappa shape index (κ3) is 8.12. The van der Waals surface area contributed by atoms with Gasteiger partial charge in [-0.2, -0.15) is 12.6 Å². The second-order valence-electron chi connectivity index (χ2n) is 2.98. The van der Waals surface area contributed by atoms with Crippen LogP contribution in [-0.2, 0) is 9.53 Å². The Labute approximate surface area is 84.9 Å². The smallest absolute Gasteiger partial charge is 0.305 e. The highest BCUT2D eigenvalue weighted by molar-refractivity contribution is 7.80. The molecule has 0 fully saturated rings. The fourth-order valence-corrected chi connectivity index (χ4v) is 0.939. The molecule has 0 aromatic heterocycles. The van der Waals surface area contributed by atoms with Gasteiger partial charge in [-0.3, -0.25) is 4.79 Å². The van der Waals surface area contributed by atoms with Crippen molar-refractivity contribution in [1.82, 2.24) is 0 Å². The lowest BCUT2D eigenvalue weighted by molar-refractivity contribution is -0.146. The molecule has 0 aliphatic rings. The van der Waals surface area contributed by atoms with Crippen LogP contribution in [0.4, 0.5) is 0 Å². The molecule has 1 N–H and O–H groups in total. The Kier molecular flexibility index (Phi) is 8.24. The van der Waals surface area contributed by atoms with Crippen molar-refractivity contribution in [2.45, 2.75) is 38.7 Å². The quantitative estimate of drug-likeness (QED) is 0.376. The van der Waals surface area contributed by atoms with E-state index >= 15 is 0 Å². The summed E-state index contributed by atoms with van der Waals surface area (Å²) in [6.45, 7) is 2.14. The zero-order valence-corrected chi connectivity index (χ0v) is 8.93. The zero-order valence-electron chi connectivity index (χ0n) is 8.03. The standard InChI is InChI=1S/C9H18O3S/c1-2-3-4-5-9(11)12-6-8(10)7-13/h8,10,13H,2-7H2,1H3. The molecule has 0 aromatic carbocycles. The van der Waals surface area contributed by atoms with Gasteiger partial charge in [0.25, 0.3) is 0 Å². The van der Waals surface area contributed by atoms with Gasteiger partial charge in [-0.25, -0.2) is 0 Å². The number of rotatable bonds is 7. The summed E-state index contributed by atoms with van der Waals surface area (Å²) in [5.74, 6) is 0.0942. The third-order valence-corrected chi connectivity index (χ3v) is 2.05. The van der Waals surface area contributed by atoms with E-state index in [-0.39, 0.29) is 12.6 Å². The first-order chi connectivity index (χ1) is 6.20. The highest BCUT2D eigenvalue weighted by atomic mass is 32.1. The largest absolute Gasteiger partial charge is 0.463 e. The van der Waals surface area contributed by atoms with Gasteiger partial charge in [-0.05, 0) is 6.42 Å². The van der Waals surface area contributed by atoms with Crippen molar-refractivity contribution in [3.05, 3.63) is 0 Å². The molecule has 0 saturated heterocycles. The topological polar surface area (TPSA) is 46.5 Å². The van der Waals surface area contributed by atoms with Crippen molar-refractivity contribution in [1.29, 1.82) is 0 Å². The van der Waals surface area contributed by atoms with Crippen molar-refractivity contribution in [2.24, 2.45) is 0 Å². The van der Waals surface area contributed by atoms with Crippen LogP contribution in [0.3, 0.4) is 0 Å². The van der Waals surface area contributed by atoms with Crippen LogP contribution < -0.4 is 0 Å². The summed E-state index contributed by atoms with van der Waals surface area (Å²) < 4.78 is 4.80. The second-order valence-corrected chi connectivity index (χ2v) is 3.34. The molecule has 4 heteroatoms. The number of aliphatic hydroxyl groups excluding tert-OH is 1. The van der Waals surface area contributed by atoms with Gasteiger partial charge < -0.3 is 9.84 Å². The van der Waals surface area contributed by atoms with E-state index in [2.05, 4.69) is 19.6 Å². The van der Waals surface area contributed by atoms with E-state index in [0.717, 1.165) is 19.3 Å². The van der Waals surface area contributed by atoms with Crippen LogP contribution in [0.15, 0.2) is 0 Å². The number of hydrogen-bond donors (Lipinski definition) is 2. The molecule has 0 bridgehead atoms. The molecule has 0 saturated carbocycles. The number of carbonyl (C=O) groups is 1. The average Bonchev–Trinajstić information content (AvgIpc) is 2.14. The summed E-state index contributed by atoms with van der Waals surface area (Å²) in [7, 11) is 0. The van der Waals surface area contributed by atoms with E-state index in [4.69, 9.17) is 9.84 Å². The van der Waals surface area contributed by atoms with Crippen LogP contribution in [-0.4, -0.2) is 29.5 Å². The number of hydrogen-bond acceptors (Lipinski definition) is 4. The van der Waals surface area contributed by atoms with Gasteiger partial charge >= 0.3 is 5.97 Å². The molecule has 3 nitrogen and oxygen atoms in total. The number of ether oxygens (including phenoxy) is 1. The van der Waals surface area contributed by atoms with Crippen LogP contribution >= 0.6 is 12.6 Å². The lowest BCUT2D eigenvalue weighted by Gasteiger charge is -2.07. The lowest BCUT2D eigenvalue weighted by Crippen LogP contribution is -2.19. The molecule has 0 aliphatic carbocycles. The van der Waals surface area contributed by atoms with Gasteiger partial charge in [-0.1, -0.05) is 19.8 Å². The summed E-state index contributed by atoms with van der Waals surface area (Å²) in [5.41, 5.74) is 0. The first-order valence-electron chi connectivity index (χ1n) is 4.65. The molecular formula is C9H18O3S. The number of unbranched alkanes of at least 4 members (excludes halogenated alkanes) is 2. The van der Waals surface area contributed by atoms with E-state index in [1.54, 1.807) is 0 Å². The Morgan fingerprint density at radius 2 is 2.23 bits per heavy atom. The van der Waals surface area contributed by atoms with E-state index in [9.17, 15) is 4.79 Å². The Morgan fingerprint density at radius 3 is 2.77 bits per heavy atom. The van der Waals surface area contributed by atoms with Crippen LogP contribution in [0.1, 0.15) is 32.6 Å². The summed E-state index contributed by atoms with van der Waals surface area (Å²) in [4.78, 5) is 11.0. The molecule has 0 aliphatic heterocycles. The van der Waals surface area contributed by atoms with Gasteiger partial charge in [0.2, 0.25) is 0 Å². The van der Waals surface area contributed by atoms with E-state index < -0.39 is 6.10 Å². The Hall–Kier alpha value is -0.220. The summed E-state index contributed by atoms with van der Waals surface area (Å²) in [5, 5.41) is 9.02. The Balaban J connectivity index is 3.30. The molecule has 13 heavy (non-hydrogen) atoms. The zero-order chi connectivity index (χ0) is 10.1. The minimum absolute atomic E-state index is 0.0639. The maximum atomic E-state index is 11.0. The molecule has 0 rings (SSSR count). The monoisotopic (exact) mass is 206 g/mol. The summed E-state index contributed by atoms with van der Waals surface area (Å²) in [6.07, 6.45) is 2.81. The van der Waals surface area contributed by atoms with Gasteiger partial charge in [0.15, 0.2) is 0 Å². The fourth-order valence-electron chi connectivity index (χ4n) is 0.833. The molecule has 78 valence electrons. The van der Waals surface area contributed by atoms with Crippen LogP contribution in [0, 0.1) is 0 Å². The normalized spacial score (nSPS) is 12.5. The molecule has 1 atom stereocenters. The molecule has 0 spiro atoms. The predicted octanol–water partition coefficient (Wildman–Crippen LogP) is 1.40. The SMILES string of the molecule is CCCCCC(=O)OCC(O)CS. The maximum Gasteiger partial charge on any atom is 0.305 e. The number of carbonyl (C=O) groups excluding carboxylic acids is 1. The van der Waals surface area contributed by atoms with Gasteiger partial charge in [0.1, 0.15) is 6.61 Å². The Bertz CT molecular complexity index is 139. The van der Waals surface area contributed by atoms with Crippen LogP contribution in [0.25, 0.3) is 0 Å². The average molecular weight is 206 g/mol. The predicted molar refractivity (Wildman–Crippen MR) is 55.0 cm³/mol. The third-order valence-electron chi connectivity index (χ3n) is 1.63. The maximum absolute atomic E-state index is 11.0. The van der Waals surface area contributed by atoms with Crippen molar-refractivity contribution in [3.63, 3.8) is 0 Å². The lowest BCUT2D eigenvalue weighted by atomic mass is 10.2. The second kappa shape index (κ2) is 8.38. The van der Waals surface area contributed by atoms with E-state index in [0.29, 0.717) is 12.2 Å². The molecule has 0 amide bonds.